The molecule has 1 nitrogen and oxygen atoms in total. The molecule has 0 radical (unpaired) electrons. The Kier molecular flexibility index (Phi) is 1.52. The number of rotatable bonds is 1. The summed E-state index contributed by atoms with van der Waals surface area (Å²) in [6.45, 7) is 4.14. The van der Waals surface area contributed by atoms with E-state index < -0.39 is 5.60 Å². The van der Waals surface area contributed by atoms with Crippen molar-refractivity contribution < 1.29 is 5.11 Å². The molecule has 1 aliphatic carbocycles. The SMILES string of the molecule is Cc1cc(C)cc(C2(O)CC2)c1. The van der Waals surface area contributed by atoms with E-state index in [0.717, 1.165) is 18.4 Å². The molecule has 1 aromatic carbocycles. The molecule has 0 atom stereocenters. The number of hydrogen-bond donors (Lipinski definition) is 1. The maximum absolute atomic E-state index is 9.85. The predicted molar refractivity (Wildman–Crippen MR) is 49.0 cm³/mol. The summed E-state index contributed by atoms with van der Waals surface area (Å²) in [4.78, 5) is 0. The van der Waals surface area contributed by atoms with Crippen molar-refractivity contribution in [2.45, 2.75) is 32.3 Å². The number of benzene rings is 1. The molecule has 1 fully saturated rings. The molecule has 1 aromatic rings. The lowest BCUT2D eigenvalue weighted by molar-refractivity contribution is 0.151. The van der Waals surface area contributed by atoms with Crippen LogP contribution in [0.5, 0.6) is 0 Å². The molecular weight excluding hydrogens is 148 g/mol. The van der Waals surface area contributed by atoms with E-state index in [1.165, 1.54) is 11.1 Å². The maximum Gasteiger partial charge on any atom is 0.0899 e. The zero-order valence-electron chi connectivity index (χ0n) is 7.59. The first kappa shape index (κ1) is 7.81. The summed E-state index contributed by atoms with van der Waals surface area (Å²) in [6, 6.07) is 6.30. The lowest BCUT2D eigenvalue weighted by Crippen LogP contribution is -2.04. The van der Waals surface area contributed by atoms with Crippen LogP contribution in [0.1, 0.15) is 29.5 Å². The number of aliphatic hydroxyl groups is 1. The summed E-state index contributed by atoms with van der Waals surface area (Å²) in [5.74, 6) is 0. The van der Waals surface area contributed by atoms with Gasteiger partial charge < -0.3 is 5.11 Å². The molecule has 0 amide bonds. The van der Waals surface area contributed by atoms with Crippen molar-refractivity contribution in [1.29, 1.82) is 0 Å². The highest BCUT2D eigenvalue weighted by Crippen LogP contribution is 2.45. The van der Waals surface area contributed by atoms with Crippen LogP contribution in [0.2, 0.25) is 0 Å². The van der Waals surface area contributed by atoms with E-state index in [-0.39, 0.29) is 0 Å². The summed E-state index contributed by atoms with van der Waals surface area (Å²) in [7, 11) is 0. The van der Waals surface area contributed by atoms with Crippen molar-refractivity contribution in [3.63, 3.8) is 0 Å². The van der Waals surface area contributed by atoms with Crippen LogP contribution in [0, 0.1) is 13.8 Å². The van der Waals surface area contributed by atoms with E-state index in [1.54, 1.807) is 0 Å². The largest absolute Gasteiger partial charge is 0.385 e. The Morgan fingerprint density at radius 2 is 1.58 bits per heavy atom. The minimum atomic E-state index is -0.475. The Morgan fingerprint density at radius 3 is 2.00 bits per heavy atom. The molecule has 0 aromatic heterocycles. The van der Waals surface area contributed by atoms with Gasteiger partial charge in [-0.1, -0.05) is 29.3 Å². The van der Waals surface area contributed by atoms with Crippen LogP contribution in [0.25, 0.3) is 0 Å². The van der Waals surface area contributed by atoms with E-state index in [1.807, 2.05) is 0 Å². The molecule has 2 rings (SSSR count). The molecule has 1 N–H and O–H groups in total. The van der Waals surface area contributed by atoms with Gasteiger partial charge in [-0.2, -0.15) is 0 Å². The standard InChI is InChI=1S/C11H14O/c1-8-5-9(2)7-10(6-8)11(12)3-4-11/h5-7,12H,3-4H2,1-2H3. The Labute approximate surface area is 73.0 Å². The van der Waals surface area contributed by atoms with Crippen molar-refractivity contribution in [2.75, 3.05) is 0 Å². The fraction of sp³-hybridized carbons (Fsp3) is 0.455. The third-order valence-electron chi connectivity index (χ3n) is 2.48. The van der Waals surface area contributed by atoms with E-state index in [4.69, 9.17) is 0 Å². The smallest absolute Gasteiger partial charge is 0.0899 e. The highest BCUT2D eigenvalue weighted by Gasteiger charge is 2.42. The van der Waals surface area contributed by atoms with E-state index in [9.17, 15) is 5.11 Å². The summed E-state index contributed by atoms with van der Waals surface area (Å²) in [6.07, 6.45) is 1.85. The average molecular weight is 162 g/mol. The van der Waals surface area contributed by atoms with Gasteiger partial charge in [0.25, 0.3) is 0 Å². The topological polar surface area (TPSA) is 20.2 Å². The van der Waals surface area contributed by atoms with Gasteiger partial charge in [-0.05, 0) is 32.3 Å². The first-order valence-corrected chi connectivity index (χ1v) is 4.41. The van der Waals surface area contributed by atoms with Crippen LogP contribution in [0.3, 0.4) is 0 Å². The average Bonchev–Trinajstić information content (AvgIpc) is 2.67. The van der Waals surface area contributed by atoms with Crippen molar-refractivity contribution in [2.24, 2.45) is 0 Å². The Morgan fingerprint density at radius 1 is 1.08 bits per heavy atom. The molecule has 64 valence electrons. The lowest BCUT2D eigenvalue weighted by Gasteiger charge is -2.09. The Hall–Kier alpha value is -0.820. The molecule has 1 saturated carbocycles. The van der Waals surface area contributed by atoms with Gasteiger partial charge in [0.15, 0.2) is 0 Å². The zero-order valence-corrected chi connectivity index (χ0v) is 7.59. The van der Waals surface area contributed by atoms with E-state index in [2.05, 4.69) is 32.0 Å². The van der Waals surface area contributed by atoms with Gasteiger partial charge in [-0.3, -0.25) is 0 Å². The van der Waals surface area contributed by atoms with Gasteiger partial charge in [0, 0.05) is 0 Å². The van der Waals surface area contributed by atoms with Crippen molar-refractivity contribution in [1.82, 2.24) is 0 Å². The fourth-order valence-electron chi connectivity index (χ4n) is 1.65. The third kappa shape index (κ3) is 1.25. The van der Waals surface area contributed by atoms with Crippen LogP contribution in [-0.4, -0.2) is 5.11 Å². The van der Waals surface area contributed by atoms with Gasteiger partial charge in [-0.15, -0.1) is 0 Å². The number of hydrogen-bond acceptors (Lipinski definition) is 1. The highest BCUT2D eigenvalue weighted by molar-refractivity contribution is 5.35. The normalized spacial score (nSPS) is 19.2. The molecule has 12 heavy (non-hydrogen) atoms. The highest BCUT2D eigenvalue weighted by atomic mass is 16.3. The summed E-state index contributed by atoms with van der Waals surface area (Å²) >= 11 is 0. The Balaban J connectivity index is 2.44. The second-order valence-corrected chi connectivity index (χ2v) is 3.91. The molecule has 0 unspecified atom stereocenters. The van der Waals surface area contributed by atoms with Gasteiger partial charge in [0.05, 0.1) is 5.60 Å². The first-order chi connectivity index (χ1) is 5.60. The fourth-order valence-corrected chi connectivity index (χ4v) is 1.65. The minimum absolute atomic E-state index is 0.475. The van der Waals surface area contributed by atoms with Crippen LogP contribution >= 0.6 is 0 Å². The van der Waals surface area contributed by atoms with Crippen LogP contribution < -0.4 is 0 Å². The third-order valence-corrected chi connectivity index (χ3v) is 2.48. The zero-order chi connectivity index (χ0) is 8.77. The predicted octanol–water partition coefficient (Wildman–Crippen LogP) is 2.28. The molecule has 0 spiro atoms. The van der Waals surface area contributed by atoms with Crippen molar-refractivity contribution in [3.05, 3.63) is 34.9 Å². The van der Waals surface area contributed by atoms with Crippen LogP contribution in [0.4, 0.5) is 0 Å². The molecule has 1 heteroatoms. The lowest BCUT2D eigenvalue weighted by atomic mass is 10.0. The Bertz CT molecular complexity index is 291. The van der Waals surface area contributed by atoms with E-state index >= 15 is 0 Å². The summed E-state index contributed by atoms with van der Waals surface area (Å²) < 4.78 is 0. The van der Waals surface area contributed by atoms with E-state index in [0.29, 0.717) is 0 Å². The minimum Gasteiger partial charge on any atom is -0.385 e. The van der Waals surface area contributed by atoms with Gasteiger partial charge in [0.1, 0.15) is 0 Å². The summed E-state index contributed by atoms with van der Waals surface area (Å²) in [5, 5.41) is 9.85. The molecule has 0 heterocycles. The second-order valence-electron chi connectivity index (χ2n) is 3.91. The second kappa shape index (κ2) is 2.33. The molecule has 0 bridgehead atoms. The van der Waals surface area contributed by atoms with Crippen molar-refractivity contribution >= 4 is 0 Å². The molecule has 0 aliphatic heterocycles. The molecular formula is C11H14O. The van der Waals surface area contributed by atoms with Gasteiger partial charge >= 0.3 is 0 Å². The van der Waals surface area contributed by atoms with Crippen LogP contribution in [0.15, 0.2) is 18.2 Å². The molecule has 1 aliphatic rings. The van der Waals surface area contributed by atoms with Crippen molar-refractivity contribution in [3.8, 4) is 0 Å². The summed E-state index contributed by atoms with van der Waals surface area (Å²) in [5.41, 5.74) is 3.10. The maximum atomic E-state index is 9.85. The van der Waals surface area contributed by atoms with Crippen LogP contribution in [-0.2, 0) is 5.60 Å². The van der Waals surface area contributed by atoms with Gasteiger partial charge in [-0.25, -0.2) is 0 Å². The van der Waals surface area contributed by atoms with Gasteiger partial charge in [0.2, 0.25) is 0 Å². The quantitative estimate of drug-likeness (QED) is 0.671. The molecule has 0 saturated heterocycles. The number of aryl methyl sites for hydroxylation is 2. The monoisotopic (exact) mass is 162 g/mol. The first-order valence-electron chi connectivity index (χ1n) is 4.41.